The first kappa shape index (κ1) is 14.5. The van der Waals surface area contributed by atoms with Crippen LogP contribution in [-0.4, -0.2) is 35.2 Å². The fraction of sp³-hybridized carbons (Fsp3) is 0.625. The van der Waals surface area contributed by atoms with Gasteiger partial charge in [0.05, 0.1) is 5.60 Å². The molecular weight excluding hydrogens is 241 g/mol. The van der Waals surface area contributed by atoms with Crippen molar-refractivity contribution < 1.29 is 9.50 Å². The van der Waals surface area contributed by atoms with Gasteiger partial charge in [0.15, 0.2) is 0 Å². The van der Waals surface area contributed by atoms with E-state index < -0.39 is 5.60 Å². The summed E-state index contributed by atoms with van der Waals surface area (Å²) < 4.78 is 13.3. The SMILES string of the molecule is CCCN1CCC(O)(Cc2cc(F)ccc2C)CC1. The van der Waals surface area contributed by atoms with Crippen molar-refractivity contribution in [2.45, 2.75) is 45.1 Å². The van der Waals surface area contributed by atoms with Crippen LogP contribution in [0.5, 0.6) is 0 Å². The molecular formula is C16H24FNO. The van der Waals surface area contributed by atoms with Crippen LogP contribution < -0.4 is 0 Å². The number of benzene rings is 1. The Morgan fingerprint density at radius 1 is 1.32 bits per heavy atom. The minimum absolute atomic E-state index is 0.215. The number of aliphatic hydroxyl groups is 1. The van der Waals surface area contributed by atoms with Crippen molar-refractivity contribution in [1.82, 2.24) is 4.90 Å². The molecule has 1 aromatic rings. The molecule has 0 unspecified atom stereocenters. The van der Waals surface area contributed by atoms with Crippen LogP contribution in [0.1, 0.15) is 37.3 Å². The van der Waals surface area contributed by atoms with E-state index in [1.807, 2.05) is 6.92 Å². The normalized spacial score (nSPS) is 19.6. The van der Waals surface area contributed by atoms with E-state index in [1.165, 1.54) is 6.07 Å². The van der Waals surface area contributed by atoms with Crippen LogP contribution in [0.4, 0.5) is 4.39 Å². The number of nitrogens with zero attached hydrogens (tertiary/aromatic N) is 1. The summed E-state index contributed by atoms with van der Waals surface area (Å²) in [7, 11) is 0. The van der Waals surface area contributed by atoms with Crippen molar-refractivity contribution >= 4 is 0 Å². The smallest absolute Gasteiger partial charge is 0.123 e. The average Bonchev–Trinajstić information content (AvgIpc) is 2.37. The Bertz CT molecular complexity index is 425. The highest BCUT2D eigenvalue weighted by molar-refractivity contribution is 5.28. The Labute approximate surface area is 115 Å². The van der Waals surface area contributed by atoms with E-state index in [2.05, 4.69) is 11.8 Å². The van der Waals surface area contributed by atoms with Gasteiger partial charge in [-0.25, -0.2) is 4.39 Å². The molecule has 2 nitrogen and oxygen atoms in total. The maximum absolute atomic E-state index is 13.3. The number of aryl methyl sites for hydroxylation is 1. The Kier molecular flexibility index (Phi) is 4.58. The van der Waals surface area contributed by atoms with Gasteiger partial charge in [-0.2, -0.15) is 0 Å². The molecule has 0 aromatic heterocycles. The fourth-order valence-corrected chi connectivity index (χ4v) is 2.87. The molecule has 0 saturated carbocycles. The molecule has 1 aliphatic rings. The second-order valence-corrected chi connectivity index (χ2v) is 5.81. The highest BCUT2D eigenvalue weighted by atomic mass is 19.1. The van der Waals surface area contributed by atoms with Crippen LogP contribution in [0.2, 0.25) is 0 Å². The van der Waals surface area contributed by atoms with Gasteiger partial charge in [0, 0.05) is 19.5 Å². The lowest BCUT2D eigenvalue weighted by Crippen LogP contribution is -2.45. The largest absolute Gasteiger partial charge is 0.389 e. The van der Waals surface area contributed by atoms with Gasteiger partial charge >= 0.3 is 0 Å². The predicted molar refractivity (Wildman–Crippen MR) is 75.8 cm³/mol. The molecule has 0 atom stereocenters. The number of rotatable bonds is 4. The lowest BCUT2D eigenvalue weighted by Gasteiger charge is -2.38. The van der Waals surface area contributed by atoms with E-state index >= 15 is 0 Å². The van der Waals surface area contributed by atoms with Gasteiger partial charge in [-0.3, -0.25) is 0 Å². The maximum atomic E-state index is 13.3. The van der Waals surface area contributed by atoms with Crippen molar-refractivity contribution in [1.29, 1.82) is 0 Å². The molecule has 0 aliphatic carbocycles. The molecule has 106 valence electrons. The molecule has 1 N–H and O–H groups in total. The third-order valence-corrected chi connectivity index (χ3v) is 4.16. The Balaban J connectivity index is 2.00. The van der Waals surface area contributed by atoms with Crippen molar-refractivity contribution in [3.63, 3.8) is 0 Å². The quantitative estimate of drug-likeness (QED) is 0.905. The molecule has 19 heavy (non-hydrogen) atoms. The lowest BCUT2D eigenvalue weighted by atomic mass is 9.84. The summed E-state index contributed by atoms with van der Waals surface area (Å²) in [5.41, 5.74) is 1.33. The number of piperidine rings is 1. The molecule has 3 heteroatoms. The third kappa shape index (κ3) is 3.77. The second-order valence-electron chi connectivity index (χ2n) is 5.81. The van der Waals surface area contributed by atoms with Gasteiger partial charge in [0.2, 0.25) is 0 Å². The first-order valence-electron chi connectivity index (χ1n) is 7.22. The van der Waals surface area contributed by atoms with Crippen molar-refractivity contribution in [2.24, 2.45) is 0 Å². The third-order valence-electron chi connectivity index (χ3n) is 4.16. The minimum Gasteiger partial charge on any atom is -0.389 e. The summed E-state index contributed by atoms with van der Waals surface area (Å²) in [4.78, 5) is 2.40. The van der Waals surface area contributed by atoms with Crippen molar-refractivity contribution in [2.75, 3.05) is 19.6 Å². The van der Waals surface area contributed by atoms with Gasteiger partial charge in [0.1, 0.15) is 5.82 Å². The number of likely N-dealkylation sites (tertiary alicyclic amines) is 1. The maximum Gasteiger partial charge on any atom is 0.123 e. The monoisotopic (exact) mass is 265 g/mol. The number of halogens is 1. The van der Waals surface area contributed by atoms with Gasteiger partial charge in [-0.05, 0) is 56.0 Å². The topological polar surface area (TPSA) is 23.5 Å². The summed E-state index contributed by atoms with van der Waals surface area (Å²) in [5.74, 6) is -0.215. The number of hydrogen-bond donors (Lipinski definition) is 1. The highest BCUT2D eigenvalue weighted by Gasteiger charge is 2.32. The first-order valence-corrected chi connectivity index (χ1v) is 7.22. The van der Waals surface area contributed by atoms with E-state index in [4.69, 9.17) is 0 Å². The van der Waals surface area contributed by atoms with Gasteiger partial charge in [-0.1, -0.05) is 13.0 Å². The average molecular weight is 265 g/mol. The standard InChI is InChI=1S/C16H24FNO/c1-3-8-18-9-6-16(19,7-10-18)12-14-11-15(17)5-4-13(14)2/h4-5,11,19H,3,6-10,12H2,1-2H3. The molecule has 0 amide bonds. The second kappa shape index (κ2) is 6.02. The molecule has 1 aliphatic heterocycles. The summed E-state index contributed by atoms with van der Waals surface area (Å²) >= 11 is 0. The number of hydrogen-bond acceptors (Lipinski definition) is 2. The van der Waals surface area contributed by atoms with Gasteiger partial charge in [0.25, 0.3) is 0 Å². The molecule has 0 spiro atoms. The van der Waals surface area contributed by atoms with Crippen LogP contribution in [0.15, 0.2) is 18.2 Å². The van der Waals surface area contributed by atoms with Gasteiger partial charge < -0.3 is 10.0 Å². The minimum atomic E-state index is -0.664. The van der Waals surface area contributed by atoms with E-state index in [0.717, 1.165) is 50.0 Å². The van der Waals surface area contributed by atoms with Gasteiger partial charge in [-0.15, -0.1) is 0 Å². The van der Waals surface area contributed by atoms with Crippen molar-refractivity contribution in [3.05, 3.63) is 35.1 Å². The van der Waals surface area contributed by atoms with E-state index in [-0.39, 0.29) is 5.82 Å². The predicted octanol–water partition coefficient (Wildman–Crippen LogP) is 2.91. The van der Waals surface area contributed by atoms with Crippen LogP contribution >= 0.6 is 0 Å². The van der Waals surface area contributed by atoms with Crippen LogP contribution in [0, 0.1) is 12.7 Å². The molecule has 0 radical (unpaired) electrons. The Morgan fingerprint density at radius 3 is 2.63 bits per heavy atom. The zero-order chi connectivity index (χ0) is 13.9. The Hall–Kier alpha value is -0.930. The molecule has 1 heterocycles. The Morgan fingerprint density at radius 2 is 2.00 bits per heavy atom. The van der Waals surface area contributed by atoms with E-state index in [0.29, 0.717) is 6.42 Å². The molecule has 2 rings (SSSR count). The molecule has 1 saturated heterocycles. The van der Waals surface area contributed by atoms with E-state index in [1.54, 1.807) is 12.1 Å². The fourth-order valence-electron chi connectivity index (χ4n) is 2.87. The van der Waals surface area contributed by atoms with Crippen LogP contribution in [0.25, 0.3) is 0 Å². The zero-order valence-corrected chi connectivity index (χ0v) is 12.0. The molecule has 0 bridgehead atoms. The van der Waals surface area contributed by atoms with E-state index in [9.17, 15) is 9.50 Å². The zero-order valence-electron chi connectivity index (χ0n) is 12.0. The van der Waals surface area contributed by atoms with Crippen LogP contribution in [0.3, 0.4) is 0 Å². The summed E-state index contributed by atoms with van der Waals surface area (Å²) in [6.07, 6.45) is 3.28. The first-order chi connectivity index (χ1) is 9.02. The molecule has 1 aromatic carbocycles. The summed E-state index contributed by atoms with van der Waals surface area (Å²) in [5, 5.41) is 10.7. The summed E-state index contributed by atoms with van der Waals surface area (Å²) in [6, 6.07) is 4.83. The molecule has 1 fully saturated rings. The van der Waals surface area contributed by atoms with Crippen LogP contribution in [-0.2, 0) is 6.42 Å². The highest BCUT2D eigenvalue weighted by Crippen LogP contribution is 2.27. The van der Waals surface area contributed by atoms with Crippen molar-refractivity contribution in [3.8, 4) is 0 Å². The summed E-state index contributed by atoms with van der Waals surface area (Å²) in [6.45, 7) is 7.15. The lowest BCUT2D eigenvalue weighted by molar-refractivity contribution is -0.0206.